The predicted molar refractivity (Wildman–Crippen MR) is 72.3 cm³/mol. The van der Waals surface area contributed by atoms with Gasteiger partial charge in [-0.2, -0.15) is 4.39 Å². The van der Waals surface area contributed by atoms with E-state index in [1.807, 2.05) is 0 Å². The molecule has 1 heterocycles. The second-order valence-corrected chi connectivity index (χ2v) is 3.94. The van der Waals surface area contributed by atoms with E-state index in [1.165, 1.54) is 37.1 Å². The van der Waals surface area contributed by atoms with Crippen LogP contribution >= 0.6 is 0 Å². The van der Waals surface area contributed by atoms with Gasteiger partial charge in [-0.1, -0.05) is 0 Å². The number of ether oxygens (including phenoxy) is 1. The number of amides is 1. The Kier molecular flexibility index (Phi) is 5.56. The van der Waals surface area contributed by atoms with Crippen molar-refractivity contribution in [2.24, 2.45) is 12.8 Å². The summed E-state index contributed by atoms with van der Waals surface area (Å²) in [6, 6.07) is 2.64. The van der Waals surface area contributed by atoms with Crippen molar-refractivity contribution in [1.82, 2.24) is 9.55 Å². The molecule has 22 heavy (non-hydrogen) atoms. The molecule has 1 aromatic carbocycles. The lowest BCUT2D eigenvalue weighted by atomic mass is 10.1. The van der Waals surface area contributed by atoms with Gasteiger partial charge in [0.2, 0.25) is 5.82 Å². The number of nitrogens with two attached hydrogens (primary N) is 1. The Morgan fingerprint density at radius 1 is 1.41 bits per heavy atom. The largest absolute Gasteiger partial charge is 0.494 e. The number of carbonyl (C=O) groups excluding carboxylic acids is 1. The highest BCUT2D eigenvalue weighted by molar-refractivity contribution is 5.90. The van der Waals surface area contributed by atoms with Gasteiger partial charge in [-0.05, 0) is 12.1 Å². The number of nitrogens with zero attached hydrogens (tertiary/aromatic N) is 2. The number of carboxylic acid groups (broad SMARTS) is 1. The number of hydrogen-bond acceptors (Lipinski definition) is 4. The number of methoxy groups -OCH3 is 1. The van der Waals surface area contributed by atoms with Crippen LogP contribution in [-0.2, 0) is 11.8 Å². The van der Waals surface area contributed by atoms with Crippen molar-refractivity contribution in [3.8, 4) is 17.0 Å². The molecule has 0 unspecified atom stereocenters. The Hall–Kier alpha value is -2.97. The minimum atomic E-state index is -1.10. The fourth-order valence-electron chi connectivity index (χ4n) is 1.78. The summed E-state index contributed by atoms with van der Waals surface area (Å²) in [5.74, 6) is -3.15. The van der Waals surface area contributed by atoms with Crippen molar-refractivity contribution >= 4 is 12.4 Å². The van der Waals surface area contributed by atoms with Crippen LogP contribution in [0, 0.1) is 11.6 Å². The molecule has 0 aliphatic rings. The lowest BCUT2D eigenvalue weighted by Crippen LogP contribution is -2.17. The monoisotopic (exact) mass is 313 g/mol. The van der Waals surface area contributed by atoms with Gasteiger partial charge in [0, 0.05) is 12.6 Å². The maximum atomic E-state index is 13.9. The number of hydrogen-bond donors (Lipinski definition) is 2. The highest BCUT2D eigenvalue weighted by Gasteiger charge is 2.19. The smallest absolute Gasteiger partial charge is 0.290 e. The molecule has 0 spiro atoms. The first-order valence-electron chi connectivity index (χ1n) is 5.80. The molecular weight excluding hydrogens is 300 g/mol. The van der Waals surface area contributed by atoms with Crippen molar-refractivity contribution in [2.45, 2.75) is 0 Å². The summed E-state index contributed by atoms with van der Waals surface area (Å²) < 4.78 is 33.5. The molecule has 0 saturated heterocycles. The number of imidazole rings is 1. The number of carbonyl (C=O) groups is 2. The topological polar surface area (TPSA) is 107 Å². The summed E-state index contributed by atoms with van der Waals surface area (Å²) in [5.41, 5.74) is 5.33. The molecule has 2 aromatic rings. The molecule has 2 rings (SSSR count). The van der Waals surface area contributed by atoms with Gasteiger partial charge in [0.05, 0.1) is 19.0 Å². The number of rotatable bonds is 3. The van der Waals surface area contributed by atoms with E-state index < -0.39 is 17.5 Å². The number of primary amides is 1. The standard InChI is InChI=1S/C12H11F2N3O2.CH2O2/c1-17-7(5-16-12(17)11(15)18)6-3-4-8(19-2)10(14)9(6)13;2-1-3/h3-5H,1-2H3,(H2,15,18);1H,(H,2,3). The molecule has 0 atom stereocenters. The summed E-state index contributed by atoms with van der Waals surface area (Å²) in [6.07, 6.45) is 1.25. The lowest BCUT2D eigenvalue weighted by molar-refractivity contribution is -0.122. The summed E-state index contributed by atoms with van der Waals surface area (Å²) in [4.78, 5) is 23.2. The summed E-state index contributed by atoms with van der Waals surface area (Å²) in [5, 5.41) is 6.89. The zero-order valence-electron chi connectivity index (χ0n) is 11.7. The SMILES string of the molecule is COc1ccc(-c2cnc(C(N)=O)n2C)c(F)c1F.O=CO. The maximum absolute atomic E-state index is 13.9. The highest BCUT2D eigenvalue weighted by Crippen LogP contribution is 2.29. The Balaban J connectivity index is 0.000000745. The first-order chi connectivity index (χ1) is 10.4. The van der Waals surface area contributed by atoms with Crippen LogP contribution in [0.3, 0.4) is 0 Å². The van der Waals surface area contributed by atoms with Crippen molar-refractivity contribution in [3.63, 3.8) is 0 Å². The second-order valence-electron chi connectivity index (χ2n) is 3.94. The Bertz CT molecular complexity index is 701. The maximum Gasteiger partial charge on any atom is 0.290 e. The van der Waals surface area contributed by atoms with Gasteiger partial charge >= 0.3 is 0 Å². The van der Waals surface area contributed by atoms with Crippen molar-refractivity contribution < 1.29 is 28.2 Å². The lowest BCUT2D eigenvalue weighted by Gasteiger charge is -2.08. The first-order valence-corrected chi connectivity index (χ1v) is 5.80. The Morgan fingerprint density at radius 2 is 2.00 bits per heavy atom. The summed E-state index contributed by atoms with van der Waals surface area (Å²) in [6.45, 7) is -0.250. The van der Waals surface area contributed by atoms with Gasteiger partial charge in [-0.25, -0.2) is 9.37 Å². The number of benzene rings is 1. The fourth-order valence-corrected chi connectivity index (χ4v) is 1.78. The van der Waals surface area contributed by atoms with E-state index in [0.29, 0.717) is 0 Å². The summed E-state index contributed by atoms with van der Waals surface area (Å²) in [7, 11) is 2.73. The van der Waals surface area contributed by atoms with Crippen LogP contribution in [0.2, 0.25) is 0 Å². The normalized spacial score (nSPS) is 9.64. The zero-order valence-corrected chi connectivity index (χ0v) is 11.7. The molecule has 3 N–H and O–H groups in total. The van der Waals surface area contributed by atoms with Gasteiger partial charge in [0.25, 0.3) is 12.4 Å². The van der Waals surface area contributed by atoms with Crippen LogP contribution in [0.4, 0.5) is 8.78 Å². The van der Waals surface area contributed by atoms with Crippen molar-refractivity contribution in [2.75, 3.05) is 7.11 Å². The molecule has 0 fully saturated rings. The average molecular weight is 313 g/mol. The molecule has 118 valence electrons. The molecule has 1 amide bonds. The molecule has 7 nitrogen and oxygen atoms in total. The Labute approximate surface area is 123 Å². The number of halogens is 2. The van der Waals surface area contributed by atoms with Gasteiger partial charge in [-0.15, -0.1) is 0 Å². The quantitative estimate of drug-likeness (QED) is 0.827. The van der Waals surface area contributed by atoms with E-state index in [4.69, 9.17) is 15.6 Å². The van der Waals surface area contributed by atoms with Crippen molar-refractivity contribution in [3.05, 3.63) is 35.8 Å². The van der Waals surface area contributed by atoms with E-state index >= 15 is 0 Å². The van der Waals surface area contributed by atoms with Crippen LogP contribution < -0.4 is 10.5 Å². The van der Waals surface area contributed by atoms with Crippen LogP contribution in [0.25, 0.3) is 11.3 Å². The second kappa shape index (κ2) is 7.16. The minimum Gasteiger partial charge on any atom is -0.494 e. The van der Waals surface area contributed by atoms with Crippen LogP contribution in [-0.4, -0.2) is 34.1 Å². The first kappa shape index (κ1) is 17.1. The fraction of sp³-hybridized carbons (Fsp3) is 0.154. The molecule has 0 aliphatic carbocycles. The Morgan fingerprint density at radius 3 is 2.45 bits per heavy atom. The van der Waals surface area contributed by atoms with Gasteiger partial charge < -0.3 is 20.1 Å². The minimum absolute atomic E-state index is 0.0270. The third kappa shape index (κ3) is 3.19. The van der Waals surface area contributed by atoms with E-state index in [1.54, 1.807) is 0 Å². The molecule has 0 bridgehead atoms. The third-order valence-corrected chi connectivity index (χ3v) is 2.75. The predicted octanol–water partition coefficient (Wildman–Crippen LogP) is 1.17. The van der Waals surface area contributed by atoms with Gasteiger partial charge in [0.15, 0.2) is 17.4 Å². The van der Waals surface area contributed by atoms with Crippen LogP contribution in [0.1, 0.15) is 10.6 Å². The highest BCUT2D eigenvalue weighted by atomic mass is 19.2. The van der Waals surface area contributed by atoms with E-state index in [9.17, 15) is 13.6 Å². The van der Waals surface area contributed by atoms with Crippen molar-refractivity contribution in [1.29, 1.82) is 0 Å². The molecule has 0 radical (unpaired) electrons. The molecule has 0 aliphatic heterocycles. The zero-order chi connectivity index (χ0) is 16.9. The number of aromatic nitrogens is 2. The van der Waals surface area contributed by atoms with E-state index in [2.05, 4.69) is 9.72 Å². The molecule has 9 heteroatoms. The van der Waals surface area contributed by atoms with E-state index in [-0.39, 0.29) is 29.3 Å². The van der Waals surface area contributed by atoms with Gasteiger partial charge in [0.1, 0.15) is 0 Å². The molecular formula is C13H13F2N3O4. The summed E-state index contributed by atoms with van der Waals surface area (Å²) >= 11 is 0. The van der Waals surface area contributed by atoms with E-state index in [0.717, 1.165) is 0 Å². The van der Waals surface area contributed by atoms with Crippen LogP contribution in [0.5, 0.6) is 5.75 Å². The molecule has 0 saturated carbocycles. The third-order valence-electron chi connectivity index (χ3n) is 2.75. The van der Waals surface area contributed by atoms with Gasteiger partial charge in [-0.3, -0.25) is 9.59 Å². The average Bonchev–Trinajstić information content (AvgIpc) is 2.84. The van der Waals surface area contributed by atoms with Crippen LogP contribution in [0.15, 0.2) is 18.3 Å². The molecule has 1 aromatic heterocycles.